The predicted octanol–water partition coefficient (Wildman–Crippen LogP) is 2.89. The summed E-state index contributed by atoms with van der Waals surface area (Å²) in [6, 6.07) is 8.10. The molecule has 0 saturated carbocycles. The topological polar surface area (TPSA) is 29.5 Å². The first-order valence-electron chi connectivity index (χ1n) is 6.49. The molecule has 0 aromatic heterocycles. The van der Waals surface area contributed by atoms with Crippen LogP contribution in [0, 0.1) is 0 Å². The van der Waals surface area contributed by atoms with Crippen molar-refractivity contribution < 1.29 is 9.53 Å². The molecule has 0 radical (unpaired) electrons. The van der Waals surface area contributed by atoms with Crippen molar-refractivity contribution in [2.24, 2.45) is 0 Å². The molecule has 0 saturated heterocycles. The first-order chi connectivity index (χ1) is 8.65. The van der Waals surface area contributed by atoms with E-state index in [0.29, 0.717) is 18.6 Å². The maximum absolute atomic E-state index is 11.2. The lowest BCUT2D eigenvalue weighted by Crippen LogP contribution is -2.19. The van der Waals surface area contributed by atoms with Crippen LogP contribution in [-0.4, -0.2) is 31.4 Å². The van der Waals surface area contributed by atoms with Crippen LogP contribution in [0.25, 0.3) is 0 Å². The van der Waals surface area contributed by atoms with Gasteiger partial charge in [0.2, 0.25) is 0 Å². The molecule has 0 bridgehead atoms. The van der Waals surface area contributed by atoms with Gasteiger partial charge < -0.3 is 9.64 Å². The van der Waals surface area contributed by atoms with Crippen LogP contribution in [0.4, 0.5) is 0 Å². The monoisotopic (exact) mass is 249 g/mol. The Balaban J connectivity index is 2.30. The van der Waals surface area contributed by atoms with Crippen molar-refractivity contribution in [3.63, 3.8) is 0 Å². The van der Waals surface area contributed by atoms with Gasteiger partial charge in [0.15, 0.2) is 0 Å². The van der Waals surface area contributed by atoms with Gasteiger partial charge in [-0.25, -0.2) is 0 Å². The van der Waals surface area contributed by atoms with Crippen LogP contribution in [0.15, 0.2) is 24.3 Å². The summed E-state index contributed by atoms with van der Waals surface area (Å²) < 4.78 is 5.13. The maximum Gasteiger partial charge on any atom is 0.132 e. The molecule has 0 atom stereocenters. The van der Waals surface area contributed by atoms with E-state index in [4.69, 9.17) is 4.74 Å². The van der Waals surface area contributed by atoms with E-state index in [2.05, 4.69) is 24.1 Å². The summed E-state index contributed by atoms with van der Waals surface area (Å²) >= 11 is 0. The van der Waals surface area contributed by atoms with E-state index in [1.165, 1.54) is 5.56 Å². The lowest BCUT2D eigenvalue weighted by Gasteiger charge is -2.16. The number of carbonyl (C=O) groups is 1. The Kier molecular flexibility index (Phi) is 6.44. The number of methoxy groups -OCH3 is 1. The third-order valence-electron chi connectivity index (χ3n) is 3.00. The Morgan fingerprint density at radius 2 is 1.94 bits per heavy atom. The molecule has 3 nitrogen and oxygen atoms in total. The fourth-order valence-corrected chi connectivity index (χ4v) is 1.84. The summed E-state index contributed by atoms with van der Waals surface area (Å²) in [7, 11) is 3.76. The highest BCUT2D eigenvalue weighted by molar-refractivity contribution is 5.77. The van der Waals surface area contributed by atoms with Gasteiger partial charge in [-0.3, -0.25) is 4.79 Å². The van der Waals surface area contributed by atoms with Crippen LogP contribution in [0.2, 0.25) is 0 Å². The molecule has 0 heterocycles. The number of hydrogen-bond donors (Lipinski definition) is 0. The van der Waals surface area contributed by atoms with Crippen molar-refractivity contribution in [3.05, 3.63) is 29.8 Å². The number of benzene rings is 1. The zero-order valence-electron chi connectivity index (χ0n) is 11.6. The fraction of sp³-hybridized carbons (Fsp3) is 0.533. The van der Waals surface area contributed by atoms with Crippen LogP contribution in [0.3, 0.4) is 0 Å². The highest BCUT2D eigenvalue weighted by atomic mass is 16.5. The van der Waals surface area contributed by atoms with E-state index in [1.54, 1.807) is 7.11 Å². The predicted molar refractivity (Wildman–Crippen MR) is 73.9 cm³/mol. The second kappa shape index (κ2) is 7.88. The number of nitrogens with zero attached hydrogens (tertiary/aromatic N) is 1. The van der Waals surface area contributed by atoms with Crippen molar-refractivity contribution in [1.29, 1.82) is 0 Å². The Bertz CT molecular complexity index is 359. The van der Waals surface area contributed by atoms with E-state index in [0.717, 1.165) is 25.3 Å². The summed E-state index contributed by atoms with van der Waals surface area (Å²) in [6.45, 7) is 3.78. The van der Waals surface area contributed by atoms with Gasteiger partial charge in [-0.1, -0.05) is 19.1 Å². The van der Waals surface area contributed by atoms with E-state index in [-0.39, 0.29) is 0 Å². The first-order valence-corrected chi connectivity index (χ1v) is 6.49. The third kappa shape index (κ3) is 5.32. The smallest absolute Gasteiger partial charge is 0.132 e. The molecule has 0 unspecified atom stereocenters. The van der Waals surface area contributed by atoms with Gasteiger partial charge in [0.05, 0.1) is 7.11 Å². The second-order valence-corrected chi connectivity index (χ2v) is 4.58. The van der Waals surface area contributed by atoms with Crippen molar-refractivity contribution in [2.75, 3.05) is 20.7 Å². The molecular weight excluding hydrogens is 226 g/mol. The molecule has 0 N–H and O–H groups in total. The largest absolute Gasteiger partial charge is 0.497 e. The lowest BCUT2D eigenvalue weighted by molar-refractivity contribution is -0.118. The van der Waals surface area contributed by atoms with E-state index >= 15 is 0 Å². The van der Waals surface area contributed by atoms with Gasteiger partial charge >= 0.3 is 0 Å². The second-order valence-electron chi connectivity index (χ2n) is 4.58. The minimum absolute atomic E-state index is 0.354. The molecular formula is C15H23NO2. The Morgan fingerprint density at radius 3 is 2.50 bits per heavy atom. The number of rotatable bonds is 8. The summed E-state index contributed by atoms with van der Waals surface area (Å²) in [6.07, 6.45) is 2.30. The molecule has 0 amide bonds. The molecule has 0 aliphatic carbocycles. The minimum atomic E-state index is 0.354. The first kappa shape index (κ1) is 14.7. The highest BCUT2D eigenvalue weighted by Gasteiger charge is 2.03. The van der Waals surface area contributed by atoms with Gasteiger partial charge in [-0.2, -0.15) is 0 Å². The summed E-state index contributed by atoms with van der Waals surface area (Å²) in [5.41, 5.74) is 1.26. The Hall–Kier alpha value is -1.35. The molecule has 100 valence electrons. The number of hydrogen-bond acceptors (Lipinski definition) is 3. The molecule has 0 aliphatic rings. The average molecular weight is 249 g/mol. The van der Waals surface area contributed by atoms with Crippen molar-refractivity contribution in [1.82, 2.24) is 4.90 Å². The zero-order valence-corrected chi connectivity index (χ0v) is 11.6. The van der Waals surface area contributed by atoms with Crippen LogP contribution >= 0.6 is 0 Å². The van der Waals surface area contributed by atoms with E-state index in [1.807, 2.05) is 19.1 Å². The number of Topliss-reactive ketones (excluding diaryl/α,β-unsaturated/α-hetero) is 1. The normalized spacial score (nSPS) is 10.7. The van der Waals surface area contributed by atoms with Crippen LogP contribution in [0.5, 0.6) is 5.75 Å². The van der Waals surface area contributed by atoms with Gasteiger partial charge in [0, 0.05) is 19.4 Å². The molecule has 0 aliphatic heterocycles. The van der Waals surface area contributed by atoms with Gasteiger partial charge in [-0.15, -0.1) is 0 Å². The number of ether oxygens (including phenoxy) is 1. The average Bonchev–Trinajstić information content (AvgIpc) is 2.39. The van der Waals surface area contributed by atoms with Crippen molar-refractivity contribution in [3.8, 4) is 5.75 Å². The fourth-order valence-electron chi connectivity index (χ4n) is 1.84. The molecule has 0 fully saturated rings. The standard InChI is InChI=1S/C15H23NO2/c1-4-14(17)6-5-11-16(2)12-13-7-9-15(18-3)10-8-13/h7-10H,4-6,11-12H2,1-3H3. The SMILES string of the molecule is CCC(=O)CCCN(C)Cc1ccc(OC)cc1. The summed E-state index contributed by atoms with van der Waals surface area (Å²) in [5.74, 6) is 1.24. The summed E-state index contributed by atoms with van der Waals surface area (Å²) in [4.78, 5) is 13.4. The third-order valence-corrected chi connectivity index (χ3v) is 3.00. The number of carbonyl (C=O) groups excluding carboxylic acids is 1. The molecule has 18 heavy (non-hydrogen) atoms. The van der Waals surface area contributed by atoms with Gasteiger partial charge in [0.1, 0.15) is 11.5 Å². The van der Waals surface area contributed by atoms with Crippen LogP contribution in [0.1, 0.15) is 31.7 Å². The Labute approximate surface area is 110 Å². The maximum atomic E-state index is 11.2. The molecule has 1 aromatic rings. The van der Waals surface area contributed by atoms with E-state index in [9.17, 15) is 4.79 Å². The minimum Gasteiger partial charge on any atom is -0.497 e. The molecule has 0 spiro atoms. The molecule has 3 heteroatoms. The lowest BCUT2D eigenvalue weighted by atomic mass is 10.1. The van der Waals surface area contributed by atoms with Crippen molar-refractivity contribution >= 4 is 5.78 Å². The van der Waals surface area contributed by atoms with Crippen LogP contribution in [-0.2, 0) is 11.3 Å². The number of ketones is 1. The molecule has 1 aromatic carbocycles. The Morgan fingerprint density at radius 1 is 1.28 bits per heavy atom. The van der Waals surface area contributed by atoms with Gasteiger partial charge in [-0.05, 0) is 37.7 Å². The van der Waals surface area contributed by atoms with Gasteiger partial charge in [0.25, 0.3) is 0 Å². The highest BCUT2D eigenvalue weighted by Crippen LogP contribution is 2.12. The van der Waals surface area contributed by atoms with Crippen molar-refractivity contribution in [2.45, 2.75) is 32.7 Å². The van der Waals surface area contributed by atoms with E-state index < -0.39 is 0 Å². The van der Waals surface area contributed by atoms with Crippen LogP contribution < -0.4 is 4.74 Å². The zero-order chi connectivity index (χ0) is 13.4. The molecule has 1 rings (SSSR count). The quantitative estimate of drug-likeness (QED) is 0.709. The summed E-state index contributed by atoms with van der Waals surface area (Å²) in [5, 5.41) is 0.